The zero-order valence-corrected chi connectivity index (χ0v) is 12.2. The molecule has 6 heteroatoms. The molecule has 0 saturated heterocycles. The highest BCUT2D eigenvalue weighted by molar-refractivity contribution is 6.04. The van der Waals surface area contributed by atoms with Gasteiger partial charge in [0, 0.05) is 17.3 Å². The topological polar surface area (TPSA) is 80.9 Å². The number of carbonyl (C=O) groups excluding carboxylic acids is 1. The second kappa shape index (κ2) is 5.77. The third kappa shape index (κ3) is 2.85. The Balaban J connectivity index is 1.78. The average Bonchev–Trinajstić information content (AvgIpc) is 2.96. The molecule has 6 nitrogen and oxygen atoms in total. The maximum absolute atomic E-state index is 12.2. The van der Waals surface area contributed by atoms with Crippen LogP contribution in [-0.2, 0) is 0 Å². The van der Waals surface area contributed by atoms with E-state index in [0.717, 1.165) is 11.1 Å². The number of carbonyl (C=O) groups is 1. The molecule has 0 saturated carbocycles. The molecular formula is C16H14N4O2. The van der Waals surface area contributed by atoms with Gasteiger partial charge >= 0.3 is 0 Å². The summed E-state index contributed by atoms with van der Waals surface area (Å²) < 4.78 is 5.09. The molecule has 0 spiro atoms. The first-order valence-corrected chi connectivity index (χ1v) is 6.77. The van der Waals surface area contributed by atoms with E-state index in [4.69, 9.17) is 4.52 Å². The smallest absolute Gasteiger partial charge is 0.257 e. The molecule has 22 heavy (non-hydrogen) atoms. The summed E-state index contributed by atoms with van der Waals surface area (Å²) in [7, 11) is 0. The van der Waals surface area contributed by atoms with E-state index in [1.165, 1.54) is 0 Å². The summed E-state index contributed by atoms with van der Waals surface area (Å²) in [6, 6.07) is 10.7. The lowest BCUT2D eigenvalue weighted by Crippen LogP contribution is -2.13. The van der Waals surface area contributed by atoms with E-state index in [-0.39, 0.29) is 5.91 Å². The number of amides is 1. The van der Waals surface area contributed by atoms with E-state index in [2.05, 4.69) is 20.4 Å². The molecule has 0 aliphatic rings. The monoisotopic (exact) mass is 294 g/mol. The molecule has 3 aromatic rings. The van der Waals surface area contributed by atoms with Crippen LogP contribution in [0.25, 0.3) is 11.5 Å². The first kappa shape index (κ1) is 13.9. The molecule has 2 heterocycles. The minimum absolute atomic E-state index is 0.213. The number of rotatable bonds is 3. The van der Waals surface area contributed by atoms with Crippen molar-refractivity contribution in [1.29, 1.82) is 0 Å². The van der Waals surface area contributed by atoms with Crippen molar-refractivity contribution in [2.45, 2.75) is 13.8 Å². The number of nitrogens with one attached hydrogen (secondary N) is 1. The van der Waals surface area contributed by atoms with Gasteiger partial charge in [0.25, 0.3) is 11.8 Å². The molecule has 110 valence electrons. The largest absolute Gasteiger partial charge is 0.334 e. The Morgan fingerprint density at radius 1 is 1.14 bits per heavy atom. The molecule has 3 rings (SSSR count). The second-order valence-corrected chi connectivity index (χ2v) is 4.85. The molecule has 0 atom stereocenters. The number of benzene rings is 1. The molecule has 0 fully saturated rings. The molecule has 1 N–H and O–H groups in total. The van der Waals surface area contributed by atoms with Gasteiger partial charge in [0.1, 0.15) is 5.82 Å². The van der Waals surface area contributed by atoms with Crippen LogP contribution in [0.15, 0.2) is 47.1 Å². The van der Waals surface area contributed by atoms with E-state index >= 15 is 0 Å². The van der Waals surface area contributed by atoms with Gasteiger partial charge in [-0.15, -0.1) is 0 Å². The second-order valence-electron chi connectivity index (χ2n) is 4.85. The van der Waals surface area contributed by atoms with Crippen LogP contribution in [0, 0.1) is 13.8 Å². The van der Waals surface area contributed by atoms with Crippen molar-refractivity contribution in [2.75, 3.05) is 5.32 Å². The lowest BCUT2D eigenvalue weighted by atomic mass is 10.1. The Morgan fingerprint density at radius 3 is 2.55 bits per heavy atom. The van der Waals surface area contributed by atoms with Gasteiger partial charge in [-0.05, 0) is 49.7 Å². The number of hydrogen-bond acceptors (Lipinski definition) is 5. The molecule has 0 aliphatic heterocycles. The van der Waals surface area contributed by atoms with Gasteiger partial charge in [-0.25, -0.2) is 4.98 Å². The van der Waals surface area contributed by atoms with Gasteiger partial charge in [-0.2, -0.15) is 4.98 Å². The van der Waals surface area contributed by atoms with E-state index in [1.54, 1.807) is 37.4 Å². The van der Waals surface area contributed by atoms with Crippen molar-refractivity contribution in [3.05, 3.63) is 59.5 Å². The Labute approximate surface area is 127 Å². The Kier molecular flexibility index (Phi) is 3.65. The van der Waals surface area contributed by atoms with E-state index in [0.29, 0.717) is 23.1 Å². The van der Waals surface area contributed by atoms with Crippen LogP contribution in [-0.4, -0.2) is 21.0 Å². The number of aryl methyl sites for hydroxylation is 2. The van der Waals surface area contributed by atoms with Crippen LogP contribution in [0.5, 0.6) is 0 Å². The summed E-state index contributed by atoms with van der Waals surface area (Å²) >= 11 is 0. The van der Waals surface area contributed by atoms with Crippen LogP contribution in [0.4, 0.5) is 5.82 Å². The highest BCUT2D eigenvalue weighted by Crippen LogP contribution is 2.18. The fraction of sp³-hybridized carbons (Fsp3) is 0.125. The third-order valence-corrected chi connectivity index (χ3v) is 3.16. The zero-order chi connectivity index (χ0) is 15.5. The fourth-order valence-corrected chi connectivity index (χ4v) is 1.97. The normalized spacial score (nSPS) is 10.5. The molecule has 1 aromatic carbocycles. The first-order chi connectivity index (χ1) is 10.6. The number of nitrogens with zero attached hydrogens (tertiary/aromatic N) is 3. The minimum Gasteiger partial charge on any atom is -0.334 e. The minimum atomic E-state index is -0.213. The highest BCUT2D eigenvalue weighted by atomic mass is 16.5. The lowest BCUT2D eigenvalue weighted by Gasteiger charge is -2.07. The van der Waals surface area contributed by atoms with E-state index < -0.39 is 0 Å². The Morgan fingerprint density at radius 2 is 1.91 bits per heavy atom. The predicted molar refractivity (Wildman–Crippen MR) is 81.4 cm³/mol. The average molecular weight is 294 g/mol. The maximum Gasteiger partial charge on any atom is 0.257 e. The van der Waals surface area contributed by atoms with Gasteiger partial charge in [0.05, 0.1) is 0 Å². The van der Waals surface area contributed by atoms with Crippen LogP contribution in [0.1, 0.15) is 21.7 Å². The van der Waals surface area contributed by atoms with Crippen molar-refractivity contribution in [1.82, 2.24) is 15.1 Å². The van der Waals surface area contributed by atoms with Crippen LogP contribution in [0.2, 0.25) is 0 Å². The van der Waals surface area contributed by atoms with Crippen molar-refractivity contribution < 1.29 is 9.32 Å². The van der Waals surface area contributed by atoms with Crippen molar-refractivity contribution in [2.24, 2.45) is 0 Å². The van der Waals surface area contributed by atoms with Crippen LogP contribution >= 0.6 is 0 Å². The molecule has 0 aliphatic carbocycles. The quantitative estimate of drug-likeness (QED) is 0.803. The summed E-state index contributed by atoms with van der Waals surface area (Å²) in [6.45, 7) is 3.65. The summed E-state index contributed by atoms with van der Waals surface area (Å²) in [6.07, 6.45) is 1.64. The molecular weight excluding hydrogens is 280 g/mol. The standard InChI is InChI=1S/C16H14N4O2/c1-10-4-3-9-17-14(10)19-15(21)12-5-7-13(8-6-12)16-18-11(2)20-22-16/h3-9H,1-2H3,(H,17,19,21). The molecule has 0 unspecified atom stereocenters. The Hall–Kier alpha value is -3.02. The highest BCUT2D eigenvalue weighted by Gasteiger charge is 2.10. The Bertz CT molecular complexity index is 809. The molecule has 2 aromatic heterocycles. The molecule has 1 amide bonds. The van der Waals surface area contributed by atoms with Crippen LogP contribution < -0.4 is 5.32 Å². The third-order valence-electron chi connectivity index (χ3n) is 3.16. The van der Waals surface area contributed by atoms with Gasteiger partial charge in [-0.3, -0.25) is 4.79 Å². The van der Waals surface area contributed by atoms with Gasteiger partial charge in [0.15, 0.2) is 5.82 Å². The van der Waals surface area contributed by atoms with Gasteiger partial charge < -0.3 is 9.84 Å². The number of aromatic nitrogens is 3. The predicted octanol–water partition coefficient (Wildman–Crippen LogP) is 3.00. The number of hydrogen-bond donors (Lipinski definition) is 1. The van der Waals surface area contributed by atoms with E-state index in [1.807, 2.05) is 19.1 Å². The van der Waals surface area contributed by atoms with Crippen molar-refractivity contribution >= 4 is 11.7 Å². The summed E-state index contributed by atoms with van der Waals surface area (Å²) in [5.74, 6) is 1.35. The van der Waals surface area contributed by atoms with Crippen LogP contribution in [0.3, 0.4) is 0 Å². The lowest BCUT2D eigenvalue weighted by molar-refractivity contribution is 0.102. The van der Waals surface area contributed by atoms with Gasteiger partial charge in [-0.1, -0.05) is 11.2 Å². The molecule has 0 radical (unpaired) electrons. The van der Waals surface area contributed by atoms with Crippen molar-refractivity contribution in [3.8, 4) is 11.5 Å². The zero-order valence-electron chi connectivity index (χ0n) is 12.2. The fourth-order valence-electron chi connectivity index (χ4n) is 1.97. The van der Waals surface area contributed by atoms with E-state index in [9.17, 15) is 4.79 Å². The first-order valence-electron chi connectivity index (χ1n) is 6.77. The number of pyridine rings is 1. The maximum atomic E-state index is 12.2. The summed E-state index contributed by atoms with van der Waals surface area (Å²) in [5.41, 5.74) is 2.21. The molecule has 0 bridgehead atoms. The SMILES string of the molecule is Cc1noc(-c2ccc(C(=O)Nc3ncccc3C)cc2)n1. The summed E-state index contributed by atoms with van der Waals surface area (Å²) in [5, 5.41) is 6.53. The number of anilines is 1. The summed E-state index contributed by atoms with van der Waals surface area (Å²) in [4.78, 5) is 20.5. The van der Waals surface area contributed by atoms with Gasteiger partial charge in [0.2, 0.25) is 0 Å². The van der Waals surface area contributed by atoms with Crippen molar-refractivity contribution in [3.63, 3.8) is 0 Å².